The van der Waals surface area contributed by atoms with Crippen molar-refractivity contribution >= 4 is 5.91 Å². The van der Waals surface area contributed by atoms with Gasteiger partial charge < -0.3 is 15.5 Å². The Balaban J connectivity index is 3.38. The van der Waals surface area contributed by atoms with E-state index in [0.717, 1.165) is 25.7 Å². The van der Waals surface area contributed by atoms with Gasteiger partial charge in [0.25, 0.3) is 0 Å². The Bertz CT molecular complexity index is 1110. The lowest BCUT2D eigenvalue weighted by molar-refractivity contribution is -0.123. The fraction of sp³-hybridized carbons (Fsp3) is 0.959. The van der Waals surface area contributed by atoms with Gasteiger partial charge >= 0.3 is 0 Å². The summed E-state index contributed by atoms with van der Waals surface area (Å²) in [5.74, 6) is -0.0524. The fourth-order valence-corrected chi connectivity index (χ4v) is 12.2. The lowest BCUT2D eigenvalue weighted by Crippen LogP contribution is -2.45. The summed E-state index contributed by atoms with van der Waals surface area (Å²) >= 11 is 0. The van der Waals surface area contributed by atoms with E-state index in [2.05, 4.69) is 19.2 Å². The van der Waals surface area contributed by atoms with Crippen molar-refractivity contribution in [2.75, 3.05) is 6.61 Å². The quantitative estimate of drug-likeness (QED) is 0.0420. The van der Waals surface area contributed by atoms with Crippen LogP contribution in [-0.4, -0.2) is 34.9 Å². The van der Waals surface area contributed by atoms with E-state index < -0.39 is 12.1 Å². The van der Waals surface area contributed by atoms with Crippen molar-refractivity contribution in [2.45, 2.75) is 450 Å². The molecule has 466 valence electrons. The highest BCUT2D eigenvalue weighted by Crippen LogP contribution is 2.20. The van der Waals surface area contributed by atoms with E-state index in [4.69, 9.17) is 0 Å². The molecule has 0 spiro atoms. The minimum absolute atomic E-state index is 0.0524. The minimum Gasteiger partial charge on any atom is -0.394 e. The maximum Gasteiger partial charge on any atom is 0.220 e. The van der Waals surface area contributed by atoms with Crippen LogP contribution in [0.15, 0.2) is 12.2 Å². The number of aliphatic hydroxyl groups is 2. The normalized spacial score (nSPS) is 12.6. The van der Waals surface area contributed by atoms with Crippen molar-refractivity contribution in [3.63, 3.8) is 0 Å². The average Bonchev–Trinajstić information content (AvgIpc) is 3.44. The summed E-state index contributed by atoms with van der Waals surface area (Å²) in [4.78, 5) is 12.6. The third-order valence-electron chi connectivity index (χ3n) is 17.8. The molecule has 0 radical (unpaired) electrons. The average molecular weight is 1100 g/mol. The first kappa shape index (κ1) is 77.1. The van der Waals surface area contributed by atoms with Gasteiger partial charge in [-0.25, -0.2) is 0 Å². The zero-order valence-electron chi connectivity index (χ0n) is 54.0. The molecule has 0 aliphatic heterocycles. The molecule has 4 nitrogen and oxygen atoms in total. The summed E-state index contributed by atoms with van der Waals surface area (Å²) in [7, 11) is 0. The first-order chi connectivity index (χ1) is 38.7. The monoisotopic (exact) mass is 1100 g/mol. The van der Waals surface area contributed by atoms with Crippen LogP contribution in [0.1, 0.15) is 438 Å². The Hall–Kier alpha value is -0.870. The number of hydrogen-bond acceptors (Lipinski definition) is 3. The largest absolute Gasteiger partial charge is 0.394 e. The summed E-state index contributed by atoms with van der Waals surface area (Å²) in [5.41, 5.74) is 0. The van der Waals surface area contributed by atoms with Crippen molar-refractivity contribution in [1.29, 1.82) is 0 Å². The van der Waals surface area contributed by atoms with E-state index in [1.807, 2.05) is 6.08 Å². The molecule has 4 heteroatoms. The number of unbranched alkanes of at least 4 members (excludes halogenated alkanes) is 63. The van der Waals surface area contributed by atoms with E-state index >= 15 is 0 Å². The molecule has 0 aliphatic carbocycles. The number of carbonyl (C=O) groups excluding carboxylic acids is 1. The highest BCUT2D eigenvalue weighted by molar-refractivity contribution is 5.76. The number of hydrogen-bond donors (Lipinski definition) is 3. The Morgan fingerprint density at radius 1 is 0.295 bits per heavy atom. The summed E-state index contributed by atoms with van der Waals surface area (Å²) in [6.45, 7) is 4.37. The maximum absolute atomic E-state index is 12.6. The van der Waals surface area contributed by atoms with Gasteiger partial charge in [-0.15, -0.1) is 0 Å². The predicted octanol–water partition coefficient (Wildman–Crippen LogP) is 25.2. The topological polar surface area (TPSA) is 69.6 Å². The summed E-state index contributed by atoms with van der Waals surface area (Å²) in [6.07, 6.45) is 94.7. The Morgan fingerprint density at radius 3 is 0.667 bits per heavy atom. The number of carbonyl (C=O) groups is 1. The van der Waals surface area contributed by atoms with Crippen LogP contribution in [0.3, 0.4) is 0 Å². The molecule has 0 saturated heterocycles. The van der Waals surface area contributed by atoms with Gasteiger partial charge in [0.05, 0.1) is 18.8 Å². The van der Waals surface area contributed by atoms with E-state index in [1.54, 1.807) is 6.08 Å². The van der Waals surface area contributed by atoms with Gasteiger partial charge in [0.2, 0.25) is 5.91 Å². The van der Waals surface area contributed by atoms with Crippen LogP contribution in [0.2, 0.25) is 0 Å². The first-order valence-corrected chi connectivity index (χ1v) is 36.9. The van der Waals surface area contributed by atoms with Crippen LogP contribution < -0.4 is 5.32 Å². The SMILES string of the molecule is CCCCCCCCCCCCCCCCCCCCCCCCCCCCCCCCC/C=C/C(O)C(CO)NC(=O)CCCCCCCCCCCCCCCCCCCCCCCCCCCCCCCCCCC. The highest BCUT2D eigenvalue weighted by atomic mass is 16.3. The van der Waals surface area contributed by atoms with Gasteiger partial charge in [0.15, 0.2) is 0 Å². The molecule has 78 heavy (non-hydrogen) atoms. The molecule has 0 aromatic rings. The smallest absolute Gasteiger partial charge is 0.220 e. The molecule has 0 aromatic carbocycles. The number of aliphatic hydroxyl groups excluding tert-OH is 2. The van der Waals surface area contributed by atoms with Gasteiger partial charge in [0.1, 0.15) is 0 Å². The van der Waals surface area contributed by atoms with Gasteiger partial charge in [-0.05, 0) is 19.3 Å². The number of amides is 1. The van der Waals surface area contributed by atoms with Crippen molar-refractivity contribution < 1.29 is 15.0 Å². The lowest BCUT2D eigenvalue weighted by Gasteiger charge is -2.20. The second kappa shape index (κ2) is 70.4. The second-order valence-corrected chi connectivity index (χ2v) is 25.7. The Kier molecular flexibility index (Phi) is 69.6. The highest BCUT2D eigenvalue weighted by Gasteiger charge is 2.18. The van der Waals surface area contributed by atoms with Gasteiger partial charge in [-0.1, -0.05) is 424 Å². The Morgan fingerprint density at radius 2 is 0.474 bits per heavy atom. The molecule has 2 unspecified atom stereocenters. The fourth-order valence-electron chi connectivity index (χ4n) is 12.2. The van der Waals surface area contributed by atoms with E-state index in [0.29, 0.717) is 6.42 Å². The molecular weight excluding hydrogens is 951 g/mol. The zero-order valence-corrected chi connectivity index (χ0v) is 54.0. The van der Waals surface area contributed by atoms with Crippen LogP contribution in [0, 0.1) is 0 Å². The predicted molar refractivity (Wildman–Crippen MR) is 350 cm³/mol. The molecule has 1 amide bonds. The lowest BCUT2D eigenvalue weighted by atomic mass is 10.0. The van der Waals surface area contributed by atoms with Gasteiger partial charge in [-0.3, -0.25) is 4.79 Å². The van der Waals surface area contributed by atoms with E-state index in [9.17, 15) is 15.0 Å². The van der Waals surface area contributed by atoms with Crippen LogP contribution in [0.4, 0.5) is 0 Å². The molecule has 0 aliphatic rings. The van der Waals surface area contributed by atoms with Crippen LogP contribution in [0.25, 0.3) is 0 Å². The third kappa shape index (κ3) is 65.9. The molecule has 0 aromatic heterocycles. The first-order valence-electron chi connectivity index (χ1n) is 36.9. The van der Waals surface area contributed by atoms with Crippen LogP contribution in [0.5, 0.6) is 0 Å². The second-order valence-electron chi connectivity index (χ2n) is 25.7. The van der Waals surface area contributed by atoms with E-state index in [1.165, 1.54) is 392 Å². The minimum atomic E-state index is -0.838. The molecule has 0 saturated carbocycles. The van der Waals surface area contributed by atoms with Crippen molar-refractivity contribution in [2.24, 2.45) is 0 Å². The standard InChI is InChI=1S/C74H147NO3/c1-3-5-7-9-11-13-15-17-19-21-23-25-27-29-31-33-35-37-39-41-43-45-47-49-51-53-55-57-59-61-63-65-67-69-73(77)72(71-76)75-74(78)70-68-66-64-62-60-58-56-54-52-50-48-46-44-42-40-38-36-34-32-30-28-26-24-22-20-18-16-14-12-10-8-6-4-2/h67,69,72-73,76-77H,3-66,68,70-71H2,1-2H3,(H,75,78)/b69-67+. The van der Waals surface area contributed by atoms with Crippen molar-refractivity contribution in [3.8, 4) is 0 Å². The van der Waals surface area contributed by atoms with Crippen molar-refractivity contribution in [1.82, 2.24) is 5.32 Å². The zero-order chi connectivity index (χ0) is 56.2. The van der Waals surface area contributed by atoms with E-state index in [-0.39, 0.29) is 12.5 Å². The third-order valence-corrected chi connectivity index (χ3v) is 17.8. The van der Waals surface area contributed by atoms with Gasteiger partial charge in [-0.2, -0.15) is 0 Å². The van der Waals surface area contributed by atoms with Crippen LogP contribution >= 0.6 is 0 Å². The van der Waals surface area contributed by atoms with Gasteiger partial charge in [0, 0.05) is 6.42 Å². The molecule has 2 atom stereocenters. The molecule has 3 N–H and O–H groups in total. The molecular formula is C74H147NO3. The number of nitrogens with one attached hydrogen (secondary N) is 1. The molecule has 0 rings (SSSR count). The van der Waals surface area contributed by atoms with Crippen molar-refractivity contribution in [3.05, 3.63) is 12.2 Å². The molecule has 0 heterocycles. The Labute approximate surface area is 492 Å². The molecule has 0 fully saturated rings. The maximum atomic E-state index is 12.6. The number of allylic oxidation sites excluding steroid dienone is 1. The summed E-state index contributed by atoms with van der Waals surface area (Å²) in [5, 5.41) is 23.3. The number of rotatable bonds is 70. The summed E-state index contributed by atoms with van der Waals surface area (Å²) < 4.78 is 0. The van der Waals surface area contributed by atoms with Crippen LogP contribution in [-0.2, 0) is 4.79 Å². The summed E-state index contributed by atoms with van der Waals surface area (Å²) in [6, 6.07) is -0.620. The molecule has 0 bridgehead atoms.